The molecule has 0 spiro atoms. The maximum atomic E-state index is 8.36. The van der Waals surface area contributed by atoms with Gasteiger partial charge in [0.1, 0.15) is 0 Å². The molecule has 0 aromatic heterocycles. The van der Waals surface area contributed by atoms with Crippen molar-refractivity contribution in [2.45, 2.75) is 105 Å². The summed E-state index contributed by atoms with van der Waals surface area (Å²) >= 11 is 0. The van der Waals surface area contributed by atoms with Crippen LogP contribution in [0, 0.1) is 38.7 Å². The van der Waals surface area contributed by atoms with Crippen LogP contribution in [0.15, 0.2) is 24.3 Å². The van der Waals surface area contributed by atoms with Crippen molar-refractivity contribution in [1.82, 2.24) is 0 Å². The van der Waals surface area contributed by atoms with Crippen molar-refractivity contribution in [1.29, 1.82) is 0 Å². The van der Waals surface area contributed by atoms with Crippen LogP contribution in [-0.2, 0) is 27.2 Å². The molecule has 0 saturated carbocycles. The number of carbonyl (C=O) groups is 1. The van der Waals surface area contributed by atoms with E-state index in [1.165, 1.54) is 0 Å². The first kappa shape index (κ1) is 52.2. The van der Waals surface area contributed by atoms with E-state index in [4.69, 9.17) is 9.90 Å². The molecule has 1 aliphatic rings. The first-order chi connectivity index (χ1) is 14.3. The van der Waals surface area contributed by atoms with Crippen LogP contribution in [0.4, 0.5) is 0 Å². The Morgan fingerprint density at radius 2 is 0.629 bits per heavy atom. The zero-order chi connectivity index (χ0) is 29.6. The molecule has 0 radical (unpaired) electrons. The fourth-order valence-electron chi connectivity index (χ4n) is 0.543. The van der Waals surface area contributed by atoms with Gasteiger partial charge in [0.15, 0.2) is 0 Å². The smallest absolute Gasteiger partial charge is 0.483 e. The van der Waals surface area contributed by atoms with Gasteiger partial charge in [-0.1, -0.05) is 129 Å². The average Bonchev–Trinajstić information content (AvgIpc) is 2.80. The van der Waals surface area contributed by atoms with Gasteiger partial charge < -0.3 is 37.8 Å². The Hall–Kier alpha value is 0.775. The number of carboxylic acid groups (broad SMARTS) is 1. The molecule has 0 heterocycles. The maximum Gasteiger partial charge on any atom is 5.00 e. The van der Waals surface area contributed by atoms with E-state index in [0.717, 1.165) is 0 Å². The molecule has 35 heavy (non-hydrogen) atoms. The molecule has 0 aromatic rings. The molecule has 1 aliphatic carbocycles. The summed E-state index contributed by atoms with van der Waals surface area (Å²) in [4.78, 5) is 8.36. The summed E-state index contributed by atoms with van der Waals surface area (Å²) in [6, 6.07) is 0. The monoisotopic (exact) mass is 654 g/mol. The second-order valence-corrected chi connectivity index (χ2v) is 40.1. The fraction of sp³-hybridized carbons (Fsp3) is 0.630. The number of hydrogen-bond acceptors (Lipinski definition) is 1. The summed E-state index contributed by atoms with van der Waals surface area (Å²) in [5.41, 5.74) is 0. The molecular weight excluding hydrogens is 590 g/mol. The van der Waals surface area contributed by atoms with Gasteiger partial charge in [0.05, 0.1) is 0 Å². The second kappa shape index (κ2) is 26.4. The predicted molar refractivity (Wildman–Crippen MR) is 180 cm³/mol. The Morgan fingerprint density at radius 3 is 0.657 bits per heavy atom. The summed E-state index contributed by atoms with van der Waals surface area (Å²) in [5.74, 6) is 0.685. The minimum absolute atomic E-state index is 0. The van der Waals surface area contributed by atoms with E-state index in [2.05, 4.69) is 162 Å². The van der Waals surface area contributed by atoms with Crippen LogP contribution >= 0.6 is 0 Å². The van der Waals surface area contributed by atoms with Crippen molar-refractivity contribution in [3.63, 3.8) is 0 Å². The zero-order valence-corrected chi connectivity index (χ0v) is 34.0. The largest absolute Gasteiger partial charge is 5.00 e. The Kier molecular flexibility index (Phi) is 39.4. The molecule has 1 N–H and O–H groups in total. The number of allylic oxidation sites excluding steroid dienone is 4. The van der Waals surface area contributed by atoms with E-state index in [0.29, 0.717) is 5.92 Å². The van der Waals surface area contributed by atoms with Gasteiger partial charge in [0.25, 0.3) is 6.47 Å². The van der Waals surface area contributed by atoms with Crippen LogP contribution in [0.25, 0.3) is 0 Å². The van der Waals surface area contributed by atoms with Crippen molar-refractivity contribution >= 4 is 46.8 Å². The molecule has 8 heteroatoms. The van der Waals surface area contributed by atoms with Gasteiger partial charge in [-0.2, -0.15) is 0 Å². The first-order valence-electron chi connectivity index (χ1n) is 12.0. The molecular formula is C27H65NbO2Si5. The van der Waals surface area contributed by atoms with Crippen molar-refractivity contribution in [3.8, 4) is 0 Å². The Morgan fingerprint density at radius 1 is 0.543 bits per heavy atom. The quantitative estimate of drug-likeness (QED) is 0.160. The van der Waals surface area contributed by atoms with Gasteiger partial charge in [-0.05, 0) is 5.92 Å². The Bertz CT molecular complexity index is 376. The van der Waals surface area contributed by atoms with Crippen LogP contribution < -0.4 is 0 Å². The first-order valence-corrected chi connectivity index (χ1v) is 30.5. The molecule has 210 valence electrons. The third kappa shape index (κ3) is 618. The molecule has 0 atom stereocenters. The van der Waals surface area contributed by atoms with Crippen molar-refractivity contribution in [2.75, 3.05) is 0 Å². The van der Waals surface area contributed by atoms with Crippen LogP contribution in [0.3, 0.4) is 0 Å². The predicted octanol–water partition coefficient (Wildman–Crippen LogP) is 9.94. The summed E-state index contributed by atoms with van der Waals surface area (Å²) < 4.78 is 0. The van der Waals surface area contributed by atoms with Crippen molar-refractivity contribution < 1.29 is 32.3 Å². The van der Waals surface area contributed by atoms with Gasteiger partial charge in [0, 0.05) is 0 Å². The normalized spacial score (nSPS) is 12.4. The molecule has 0 aromatic carbocycles. The molecule has 2 nitrogen and oxygen atoms in total. The Labute approximate surface area is 245 Å². The third-order valence-electron chi connectivity index (χ3n) is 0.940. The van der Waals surface area contributed by atoms with Gasteiger partial charge in [-0.15, -0.1) is 40.4 Å². The minimum atomic E-state index is -0.861. The summed E-state index contributed by atoms with van der Waals surface area (Å²) in [7, 11) is -4.31. The molecule has 0 bridgehead atoms. The van der Waals surface area contributed by atoms with E-state index in [1.807, 2.05) is 0 Å². The van der Waals surface area contributed by atoms with Crippen molar-refractivity contribution in [3.05, 3.63) is 57.0 Å². The molecule has 0 saturated heterocycles. The Balaban J connectivity index is -0.0000000524. The van der Waals surface area contributed by atoms with Crippen LogP contribution in [0.2, 0.25) is 98.2 Å². The van der Waals surface area contributed by atoms with Crippen molar-refractivity contribution in [2.24, 2.45) is 5.92 Å². The SMILES string of the molecule is CC1C=CC=C1.O=CO.[CH2-][Si](C)(C)C.[CH2-][Si](C)(C)C.[CH2-][Si](C)(C)C.[CH2-][Si](C)(C)C.[CH2-][Si](C)(C)C.[Nb+5]. The third-order valence-corrected chi connectivity index (χ3v) is 0.940. The van der Waals surface area contributed by atoms with Gasteiger partial charge in [-0.3, -0.25) is 4.79 Å². The summed E-state index contributed by atoms with van der Waals surface area (Å²) in [6.07, 6.45) is 8.48. The van der Waals surface area contributed by atoms with E-state index in [-0.39, 0.29) is 28.9 Å². The van der Waals surface area contributed by atoms with E-state index in [9.17, 15) is 0 Å². The minimum Gasteiger partial charge on any atom is -0.483 e. The van der Waals surface area contributed by atoms with E-state index in [1.54, 1.807) is 0 Å². The van der Waals surface area contributed by atoms with E-state index < -0.39 is 40.4 Å². The summed E-state index contributed by atoms with van der Waals surface area (Å²) in [6.45, 7) is 54.7. The van der Waals surface area contributed by atoms with Gasteiger partial charge >= 0.3 is 22.4 Å². The summed E-state index contributed by atoms with van der Waals surface area (Å²) in [5, 5.41) is 6.89. The molecule has 0 unspecified atom stereocenters. The van der Waals surface area contributed by atoms with Gasteiger partial charge in [-0.25, -0.2) is 0 Å². The topological polar surface area (TPSA) is 37.3 Å². The van der Waals surface area contributed by atoms with Gasteiger partial charge in [0.2, 0.25) is 0 Å². The number of rotatable bonds is 0. The molecule has 0 fully saturated rings. The van der Waals surface area contributed by atoms with E-state index >= 15 is 0 Å². The fourth-order valence-corrected chi connectivity index (χ4v) is 0.543. The number of hydrogen-bond donors (Lipinski definition) is 1. The zero-order valence-electron chi connectivity index (χ0n) is 26.8. The molecule has 0 aliphatic heterocycles. The second-order valence-electron chi connectivity index (χ2n) is 14.5. The average molecular weight is 655 g/mol. The molecule has 0 amide bonds. The standard InChI is InChI=1S/C6H8.5C4H11Si.CH2O2.Nb/c1-6-4-2-3-5-6;5*1-5(2,3)4;2-1-3;/h2-6H,1H3;5*1H2,2-4H3;1H,(H,2,3);/q;5*-1;;+5. The molecule has 1 rings (SSSR count). The maximum absolute atomic E-state index is 8.36. The van der Waals surface area contributed by atoms with Crippen LogP contribution in [-0.4, -0.2) is 51.9 Å². The van der Waals surface area contributed by atoms with Crippen LogP contribution in [0.5, 0.6) is 0 Å². The van der Waals surface area contributed by atoms with Crippen LogP contribution in [0.1, 0.15) is 6.92 Å².